The van der Waals surface area contributed by atoms with E-state index in [1.807, 2.05) is 18.0 Å². The summed E-state index contributed by atoms with van der Waals surface area (Å²) in [5.74, 6) is -0.734. The SMILES string of the molecule is CN(CC(=O)NC(=O)c1ccccc1)C1CCCCC1O. The van der Waals surface area contributed by atoms with Crippen LogP contribution >= 0.6 is 0 Å². The van der Waals surface area contributed by atoms with Crippen molar-refractivity contribution in [3.8, 4) is 0 Å². The van der Waals surface area contributed by atoms with E-state index in [0.717, 1.165) is 25.7 Å². The average molecular weight is 290 g/mol. The quantitative estimate of drug-likeness (QED) is 0.873. The highest BCUT2D eigenvalue weighted by molar-refractivity contribution is 6.05. The van der Waals surface area contributed by atoms with E-state index in [0.29, 0.717) is 5.56 Å². The van der Waals surface area contributed by atoms with Crippen LogP contribution in [0.4, 0.5) is 0 Å². The molecule has 5 nitrogen and oxygen atoms in total. The molecule has 1 fully saturated rings. The lowest BCUT2D eigenvalue weighted by molar-refractivity contribution is -0.122. The first-order valence-electron chi connectivity index (χ1n) is 7.35. The van der Waals surface area contributed by atoms with Crippen molar-refractivity contribution in [3.05, 3.63) is 35.9 Å². The molecular formula is C16H22N2O3. The zero-order valence-corrected chi connectivity index (χ0v) is 12.3. The lowest BCUT2D eigenvalue weighted by atomic mass is 9.91. The van der Waals surface area contributed by atoms with Gasteiger partial charge in [0.2, 0.25) is 5.91 Å². The van der Waals surface area contributed by atoms with E-state index in [9.17, 15) is 14.7 Å². The topological polar surface area (TPSA) is 69.6 Å². The molecule has 2 atom stereocenters. The maximum atomic E-state index is 11.9. The molecule has 1 aromatic rings. The number of aliphatic hydroxyl groups is 1. The van der Waals surface area contributed by atoms with E-state index in [2.05, 4.69) is 5.32 Å². The highest BCUT2D eigenvalue weighted by Gasteiger charge is 2.27. The van der Waals surface area contributed by atoms with Gasteiger partial charge in [0.05, 0.1) is 12.6 Å². The number of carbonyl (C=O) groups excluding carboxylic acids is 2. The first kappa shape index (κ1) is 15.7. The minimum Gasteiger partial charge on any atom is -0.391 e. The Balaban J connectivity index is 1.85. The van der Waals surface area contributed by atoms with E-state index in [1.54, 1.807) is 24.3 Å². The van der Waals surface area contributed by atoms with Crippen molar-refractivity contribution in [1.29, 1.82) is 0 Å². The van der Waals surface area contributed by atoms with Crippen LogP contribution in [0.15, 0.2) is 30.3 Å². The van der Waals surface area contributed by atoms with Crippen LogP contribution in [0.25, 0.3) is 0 Å². The number of aliphatic hydroxyl groups excluding tert-OH is 1. The molecule has 0 heterocycles. The second-order valence-electron chi connectivity index (χ2n) is 5.58. The number of carbonyl (C=O) groups is 2. The van der Waals surface area contributed by atoms with Crippen molar-refractivity contribution >= 4 is 11.8 Å². The fourth-order valence-electron chi connectivity index (χ4n) is 2.78. The van der Waals surface area contributed by atoms with Gasteiger partial charge in [-0.25, -0.2) is 0 Å². The second kappa shape index (κ2) is 7.33. The summed E-state index contributed by atoms with van der Waals surface area (Å²) in [5.41, 5.74) is 0.464. The van der Waals surface area contributed by atoms with E-state index in [1.165, 1.54) is 0 Å². The van der Waals surface area contributed by atoms with Gasteiger partial charge in [-0.15, -0.1) is 0 Å². The molecule has 2 rings (SSSR count). The summed E-state index contributed by atoms with van der Waals surface area (Å²) in [6.45, 7) is 0.111. The Bertz CT molecular complexity index is 490. The first-order chi connectivity index (χ1) is 10.1. The van der Waals surface area contributed by atoms with Crippen molar-refractivity contribution in [3.63, 3.8) is 0 Å². The van der Waals surface area contributed by atoms with E-state index >= 15 is 0 Å². The molecule has 2 N–H and O–H groups in total. The number of rotatable bonds is 4. The summed E-state index contributed by atoms with van der Waals surface area (Å²) in [5, 5.41) is 12.4. The predicted octanol–water partition coefficient (Wildman–Crippen LogP) is 1.18. The highest BCUT2D eigenvalue weighted by atomic mass is 16.3. The number of amides is 2. The van der Waals surface area contributed by atoms with Crippen molar-refractivity contribution < 1.29 is 14.7 Å². The summed E-state index contributed by atoms with van der Waals surface area (Å²) in [6, 6.07) is 8.65. The van der Waals surface area contributed by atoms with E-state index in [-0.39, 0.29) is 24.6 Å². The third-order valence-corrected chi connectivity index (χ3v) is 3.94. The molecule has 1 aliphatic carbocycles. The lowest BCUT2D eigenvalue weighted by Gasteiger charge is -2.34. The zero-order chi connectivity index (χ0) is 15.2. The predicted molar refractivity (Wildman–Crippen MR) is 79.8 cm³/mol. The molecule has 5 heteroatoms. The van der Waals surface area contributed by atoms with Crippen LogP contribution in [-0.4, -0.2) is 47.6 Å². The maximum Gasteiger partial charge on any atom is 0.257 e. The monoisotopic (exact) mass is 290 g/mol. The molecular weight excluding hydrogens is 268 g/mol. The Morgan fingerprint density at radius 1 is 1.24 bits per heavy atom. The number of nitrogens with one attached hydrogen (secondary N) is 1. The summed E-state index contributed by atoms with van der Waals surface area (Å²) >= 11 is 0. The summed E-state index contributed by atoms with van der Waals surface area (Å²) in [6.07, 6.45) is 3.37. The molecule has 1 aromatic carbocycles. The van der Waals surface area contributed by atoms with Crippen LogP contribution in [-0.2, 0) is 4.79 Å². The Morgan fingerprint density at radius 3 is 2.57 bits per heavy atom. The molecule has 21 heavy (non-hydrogen) atoms. The van der Waals surface area contributed by atoms with Crippen molar-refractivity contribution in [2.24, 2.45) is 0 Å². The molecule has 0 radical (unpaired) electrons. The number of imide groups is 1. The molecule has 0 saturated heterocycles. The van der Waals surface area contributed by atoms with Gasteiger partial charge in [-0.2, -0.15) is 0 Å². The Labute approximate surface area is 125 Å². The van der Waals surface area contributed by atoms with Gasteiger partial charge in [-0.3, -0.25) is 19.8 Å². The average Bonchev–Trinajstić information content (AvgIpc) is 2.48. The molecule has 0 spiro atoms. The molecule has 2 unspecified atom stereocenters. The third-order valence-electron chi connectivity index (χ3n) is 3.94. The Hall–Kier alpha value is -1.72. The van der Waals surface area contributed by atoms with Gasteiger partial charge in [0.15, 0.2) is 0 Å². The first-order valence-corrected chi connectivity index (χ1v) is 7.35. The van der Waals surface area contributed by atoms with Crippen molar-refractivity contribution in [1.82, 2.24) is 10.2 Å². The van der Waals surface area contributed by atoms with Gasteiger partial charge < -0.3 is 5.11 Å². The third kappa shape index (κ3) is 4.37. The minimum atomic E-state index is -0.391. The largest absolute Gasteiger partial charge is 0.391 e. The highest BCUT2D eigenvalue weighted by Crippen LogP contribution is 2.22. The van der Waals surface area contributed by atoms with Crippen LogP contribution in [0.1, 0.15) is 36.0 Å². The van der Waals surface area contributed by atoms with E-state index < -0.39 is 5.91 Å². The molecule has 114 valence electrons. The van der Waals surface area contributed by atoms with Gasteiger partial charge in [0.25, 0.3) is 5.91 Å². The van der Waals surface area contributed by atoms with Gasteiger partial charge in [-0.05, 0) is 32.0 Å². The number of benzene rings is 1. The lowest BCUT2D eigenvalue weighted by Crippen LogP contribution is -2.48. The maximum absolute atomic E-state index is 11.9. The van der Waals surface area contributed by atoms with Crippen molar-refractivity contribution in [2.75, 3.05) is 13.6 Å². The molecule has 0 aliphatic heterocycles. The summed E-state index contributed by atoms with van der Waals surface area (Å²) < 4.78 is 0. The second-order valence-corrected chi connectivity index (χ2v) is 5.58. The number of nitrogens with zero attached hydrogens (tertiary/aromatic N) is 1. The van der Waals surface area contributed by atoms with Gasteiger partial charge in [0.1, 0.15) is 0 Å². The summed E-state index contributed by atoms with van der Waals surface area (Å²) in [7, 11) is 1.81. The standard InChI is InChI=1S/C16H22N2O3/c1-18(13-9-5-6-10-14(13)19)11-15(20)17-16(21)12-7-3-2-4-8-12/h2-4,7-8,13-14,19H,5-6,9-11H2,1H3,(H,17,20,21). The van der Waals surface area contributed by atoms with Crippen LogP contribution in [0, 0.1) is 0 Å². The fraction of sp³-hybridized carbons (Fsp3) is 0.500. The zero-order valence-electron chi connectivity index (χ0n) is 12.3. The molecule has 2 amide bonds. The smallest absolute Gasteiger partial charge is 0.257 e. The molecule has 1 saturated carbocycles. The number of hydrogen-bond acceptors (Lipinski definition) is 4. The summed E-state index contributed by atoms with van der Waals surface area (Å²) in [4.78, 5) is 25.6. The van der Waals surface area contributed by atoms with E-state index in [4.69, 9.17) is 0 Å². The van der Waals surface area contributed by atoms with Gasteiger partial charge >= 0.3 is 0 Å². The number of hydrogen-bond donors (Lipinski definition) is 2. The van der Waals surface area contributed by atoms with Crippen LogP contribution < -0.4 is 5.32 Å². The van der Waals surface area contributed by atoms with Crippen LogP contribution in [0.5, 0.6) is 0 Å². The number of likely N-dealkylation sites (N-methyl/N-ethyl adjacent to an activating group) is 1. The molecule has 1 aliphatic rings. The molecule has 0 bridgehead atoms. The van der Waals surface area contributed by atoms with Crippen LogP contribution in [0.3, 0.4) is 0 Å². The minimum absolute atomic E-state index is 0.00340. The van der Waals surface area contributed by atoms with Crippen molar-refractivity contribution in [2.45, 2.75) is 37.8 Å². The van der Waals surface area contributed by atoms with Gasteiger partial charge in [0, 0.05) is 11.6 Å². The Morgan fingerprint density at radius 2 is 1.90 bits per heavy atom. The van der Waals surface area contributed by atoms with Crippen LogP contribution in [0.2, 0.25) is 0 Å². The Kier molecular flexibility index (Phi) is 5.47. The molecule has 0 aromatic heterocycles. The van der Waals surface area contributed by atoms with Gasteiger partial charge in [-0.1, -0.05) is 31.0 Å². The fourth-order valence-corrected chi connectivity index (χ4v) is 2.78. The normalized spacial score (nSPS) is 22.0.